The predicted molar refractivity (Wildman–Crippen MR) is 35.1 cm³/mol. The molecule has 1 atom stereocenters. The molecule has 1 unspecified atom stereocenters. The molecule has 0 bridgehead atoms. The summed E-state index contributed by atoms with van der Waals surface area (Å²) < 4.78 is 4.98. The van der Waals surface area contributed by atoms with Crippen LogP contribution in [0.25, 0.3) is 0 Å². The van der Waals surface area contributed by atoms with Gasteiger partial charge in [-0.3, -0.25) is 0 Å². The molecular weight excluding hydrogens is 118 g/mol. The Bertz CT molecular complexity index is 69.5. The summed E-state index contributed by atoms with van der Waals surface area (Å²) in [4.78, 5) is 10.1. The van der Waals surface area contributed by atoms with Crippen molar-refractivity contribution in [2.24, 2.45) is 5.73 Å². The SMILES string of the molecule is CCOC(C=O)CCN. The first kappa shape index (κ1) is 8.59. The van der Waals surface area contributed by atoms with E-state index >= 15 is 0 Å². The van der Waals surface area contributed by atoms with E-state index in [1.165, 1.54) is 0 Å². The minimum Gasteiger partial charge on any atom is -0.371 e. The van der Waals surface area contributed by atoms with Crippen LogP contribution in [-0.2, 0) is 9.53 Å². The first-order valence-corrected chi connectivity index (χ1v) is 3.12. The Morgan fingerprint density at radius 2 is 2.44 bits per heavy atom. The molecule has 9 heavy (non-hydrogen) atoms. The summed E-state index contributed by atoms with van der Waals surface area (Å²) in [7, 11) is 0. The number of hydrogen-bond donors (Lipinski definition) is 1. The number of ether oxygens (including phenoxy) is 1. The fraction of sp³-hybridized carbons (Fsp3) is 0.833. The van der Waals surface area contributed by atoms with Crippen molar-refractivity contribution in [3.63, 3.8) is 0 Å². The van der Waals surface area contributed by atoms with Gasteiger partial charge in [-0.25, -0.2) is 0 Å². The summed E-state index contributed by atoms with van der Waals surface area (Å²) in [6.07, 6.45) is 1.12. The zero-order valence-corrected chi connectivity index (χ0v) is 5.67. The molecule has 2 N–H and O–H groups in total. The van der Waals surface area contributed by atoms with E-state index < -0.39 is 0 Å². The Morgan fingerprint density at radius 1 is 1.78 bits per heavy atom. The number of aldehydes is 1. The third kappa shape index (κ3) is 4.12. The van der Waals surface area contributed by atoms with Crippen LogP contribution in [0.1, 0.15) is 13.3 Å². The molecule has 0 saturated heterocycles. The van der Waals surface area contributed by atoms with Gasteiger partial charge in [-0.05, 0) is 19.9 Å². The molecule has 0 heterocycles. The summed E-state index contributed by atoms with van der Waals surface area (Å²) in [6, 6.07) is 0. The number of nitrogens with two attached hydrogens (primary N) is 1. The quantitative estimate of drug-likeness (QED) is 0.532. The Morgan fingerprint density at radius 3 is 2.78 bits per heavy atom. The third-order valence-corrected chi connectivity index (χ3v) is 0.984. The van der Waals surface area contributed by atoms with E-state index in [-0.39, 0.29) is 6.10 Å². The van der Waals surface area contributed by atoms with Gasteiger partial charge in [0.1, 0.15) is 12.4 Å². The molecule has 0 rings (SSSR count). The average molecular weight is 131 g/mol. The van der Waals surface area contributed by atoms with Crippen LogP contribution in [0, 0.1) is 0 Å². The Labute approximate surface area is 55.2 Å². The second kappa shape index (κ2) is 5.72. The first-order valence-electron chi connectivity index (χ1n) is 3.12. The van der Waals surface area contributed by atoms with E-state index in [4.69, 9.17) is 10.5 Å². The minimum atomic E-state index is -0.292. The van der Waals surface area contributed by atoms with Crippen LogP contribution in [-0.4, -0.2) is 25.5 Å². The Kier molecular flexibility index (Phi) is 5.46. The molecule has 0 aliphatic heterocycles. The number of carbonyl (C=O) groups is 1. The highest BCUT2D eigenvalue weighted by Gasteiger charge is 2.02. The summed E-state index contributed by atoms with van der Waals surface area (Å²) in [5.74, 6) is 0. The van der Waals surface area contributed by atoms with Crippen LogP contribution in [0.4, 0.5) is 0 Å². The minimum absolute atomic E-state index is 0.292. The molecule has 0 aromatic carbocycles. The monoisotopic (exact) mass is 131 g/mol. The summed E-state index contributed by atoms with van der Waals surface area (Å²) in [6.45, 7) is 2.93. The van der Waals surface area contributed by atoms with Crippen molar-refractivity contribution in [2.45, 2.75) is 19.4 Å². The fourth-order valence-electron chi connectivity index (χ4n) is 0.569. The standard InChI is InChI=1S/C6H13NO2/c1-2-9-6(5-8)3-4-7/h5-6H,2-4,7H2,1H3. The van der Waals surface area contributed by atoms with Crippen LogP contribution in [0.5, 0.6) is 0 Å². The zero-order valence-electron chi connectivity index (χ0n) is 5.67. The van der Waals surface area contributed by atoms with Crippen molar-refractivity contribution in [3.8, 4) is 0 Å². The molecule has 0 aliphatic rings. The lowest BCUT2D eigenvalue weighted by atomic mass is 10.3. The molecular formula is C6H13NO2. The van der Waals surface area contributed by atoms with Gasteiger partial charge < -0.3 is 15.3 Å². The molecule has 0 aliphatic carbocycles. The molecule has 3 heteroatoms. The predicted octanol–water partition coefficient (Wildman–Crippen LogP) is -0.0608. The van der Waals surface area contributed by atoms with E-state index in [9.17, 15) is 4.79 Å². The van der Waals surface area contributed by atoms with Crippen LogP contribution >= 0.6 is 0 Å². The van der Waals surface area contributed by atoms with Gasteiger partial charge in [-0.15, -0.1) is 0 Å². The van der Waals surface area contributed by atoms with E-state index in [0.29, 0.717) is 19.6 Å². The number of rotatable bonds is 5. The lowest BCUT2D eigenvalue weighted by Crippen LogP contribution is -2.18. The van der Waals surface area contributed by atoms with Gasteiger partial charge >= 0.3 is 0 Å². The molecule has 0 aromatic heterocycles. The van der Waals surface area contributed by atoms with Crippen molar-refractivity contribution >= 4 is 6.29 Å². The van der Waals surface area contributed by atoms with Crippen molar-refractivity contribution in [2.75, 3.05) is 13.2 Å². The highest BCUT2D eigenvalue weighted by atomic mass is 16.5. The molecule has 54 valence electrons. The fourth-order valence-corrected chi connectivity index (χ4v) is 0.569. The topological polar surface area (TPSA) is 52.3 Å². The molecule has 0 amide bonds. The van der Waals surface area contributed by atoms with Gasteiger partial charge in [0.05, 0.1) is 0 Å². The molecule has 0 saturated carbocycles. The summed E-state index contributed by atoms with van der Waals surface area (Å²) >= 11 is 0. The normalized spacial score (nSPS) is 13.1. The van der Waals surface area contributed by atoms with Crippen LogP contribution < -0.4 is 5.73 Å². The smallest absolute Gasteiger partial charge is 0.148 e. The van der Waals surface area contributed by atoms with Gasteiger partial charge in [-0.2, -0.15) is 0 Å². The summed E-state index contributed by atoms with van der Waals surface area (Å²) in [5.41, 5.74) is 5.20. The van der Waals surface area contributed by atoms with Crippen LogP contribution in [0.15, 0.2) is 0 Å². The number of carbonyl (C=O) groups excluding carboxylic acids is 1. The van der Waals surface area contributed by atoms with E-state index in [1.807, 2.05) is 6.92 Å². The van der Waals surface area contributed by atoms with Crippen molar-refractivity contribution in [1.82, 2.24) is 0 Å². The first-order chi connectivity index (χ1) is 4.35. The molecule has 3 nitrogen and oxygen atoms in total. The van der Waals surface area contributed by atoms with Gasteiger partial charge in [0.25, 0.3) is 0 Å². The maximum Gasteiger partial charge on any atom is 0.148 e. The maximum absolute atomic E-state index is 10.1. The molecule has 0 fully saturated rings. The van der Waals surface area contributed by atoms with Crippen LogP contribution in [0.3, 0.4) is 0 Å². The molecule has 0 spiro atoms. The third-order valence-electron chi connectivity index (χ3n) is 0.984. The van der Waals surface area contributed by atoms with E-state index in [0.717, 1.165) is 6.29 Å². The lowest BCUT2D eigenvalue weighted by molar-refractivity contribution is -0.118. The number of hydrogen-bond acceptors (Lipinski definition) is 3. The second-order valence-corrected chi connectivity index (χ2v) is 1.71. The van der Waals surface area contributed by atoms with Crippen molar-refractivity contribution < 1.29 is 9.53 Å². The summed E-state index contributed by atoms with van der Waals surface area (Å²) in [5, 5.41) is 0. The largest absolute Gasteiger partial charge is 0.371 e. The van der Waals surface area contributed by atoms with Crippen molar-refractivity contribution in [3.05, 3.63) is 0 Å². The highest BCUT2D eigenvalue weighted by molar-refractivity contribution is 5.55. The van der Waals surface area contributed by atoms with E-state index in [2.05, 4.69) is 0 Å². The van der Waals surface area contributed by atoms with E-state index in [1.54, 1.807) is 0 Å². The molecule has 0 aromatic rings. The average Bonchev–Trinajstić information content (AvgIpc) is 1.88. The van der Waals surface area contributed by atoms with Gasteiger partial charge in [0, 0.05) is 6.61 Å². The lowest BCUT2D eigenvalue weighted by Gasteiger charge is -2.06. The zero-order chi connectivity index (χ0) is 7.11. The van der Waals surface area contributed by atoms with Gasteiger partial charge in [0.2, 0.25) is 0 Å². The maximum atomic E-state index is 10.1. The Hall–Kier alpha value is -0.410. The van der Waals surface area contributed by atoms with Gasteiger partial charge in [0.15, 0.2) is 0 Å². The Balaban J connectivity index is 3.29. The molecule has 0 radical (unpaired) electrons. The van der Waals surface area contributed by atoms with Crippen LogP contribution in [0.2, 0.25) is 0 Å². The van der Waals surface area contributed by atoms with Gasteiger partial charge in [-0.1, -0.05) is 0 Å². The highest BCUT2D eigenvalue weighted by Crippen LogP contribution is 1.91. The second-order valence-electron chi connectivity index (χ2n) is 1.71. The van der Waals surface area contributed by atoms with Crippen molar-refractivity contribution in [1.29, 1.82) is 0 Å².